The van der Waals surface area contributed by atoms with Gasteiger partial charge in [0.1, 0.15) is 0 Å². The van der Waals surface area contributed by atoms with Crippen molar-refractivity contribution in [3.8, 4) is 11.5 Å². The number of carboxylic acid groups (broad SMARTS) is 1. The molecular formula is C11H11F3O4. The second kappa shape index (κ2) is 5.61. The third kappa shape index (κ3) is 4.52. The lowest BCUT2D eigenvalue weighted by molar-refractivity contribution is -0.275. The Balaban J connectivity index is 3.03. The summed E-state index contributed by atoms with van der Waals surface area (Å²) in [4.78, 5) is 10.5. The standard InChI is InChI=1S/C11H11F3O4/c1-2-17-8-4-3-7(6-10(15)16)5-9(8)18-11(12,13)14/h3-5H,2,6H2,1H3,(H,15,16). The van der Waals surface area contributed by atoms with Crippen molar-refractivity contribution in [1.29, 1.82) is 0 Å². The highest BCUT2D eigenvalue weighted by Gasteiger charge is 2.32. The van der Waals surface area contributed by atoms with E-state index in [0.29, 0.717) is 0 Å². The molecule has 0 aliphatic rings. The summed E-state index contributed by atoms with van der Waals surface area (Å²) in [7, 11) is 0. The molecule has 0 fully saturated rings. The lowest BCUT2D eigenvalue weighted by atomic mass is 10.1. The third-order valence-corrected chi connectivity index (χ3v) is 1.89. The van der Waals surface area contributed by atoms with Gasteiger partial charge in [0.05, 0.1) is 13.0 Å². The van der Waals surface area contributed by atoms with Crippen LogP contribution in [0.25, 0.3) is 0 Å². The van der Waals surface area contributed by atoms with E-state index in [1.165, 1.54) is 12.1 Å². The molecule has 1 rings (SSSR count). The van der Waals surface area contributed by atoms with Gasteiger partial charge in [0.2, 0.25) is 0 Å². The molecule has 0 saturated heterocycles. The first-order valence-corrected chi connectivity index (χ1v) is 5.05. The zero-order chi connectivity index (χ0) is 13.8. The molecule has 4 nitrogen and oxygen atoms in total. The predicted octanol–water partition coefficient (Wildman–Crippen LogP) is 2.61. The molecule has 18 heavy (non-hydrogen) atoms. The molecule has 1 aromatic carbocycles. The van der Waals surface area contributed by atoms with Crippen molar-refractivity contribution in [3.05, 3.63) is 23.8 Å². The van der Waals surface area contributed by atoms with Crippen LogP contribution in [0.5, 0.6) is 11.5 Å². The third-order valence-electron chi connectivity index (χ3n) is 1.89. The maximum Gasteiger partial charge on any atom is 0.573 e. The van der Waals surface area contributed by atoms with Crippen LogP contribution in [0.1, 0.15) is 12.5 Å². The molecule has 1 N–H and O–H groups in total. The molecular weight excluding hydrogens is 253 g/mol. The van der Waals surface area contributed by atoms with Crippen molar-refractivity contribution < 1.29 is 32.5 Å². The van der Waals surface area contributed by atoms with E-state index in [9.17, 15) is 18.0 Å². The van der Waals surface area contributed by atoms with Gasteiger partial charge >= 0.3 is 12.3 Å². The van der Waals surface area contributed by atoms with Gasteiger partial charge in [-0.2, -0.15) is 0 Å². The van der Waals surface area contributed by atoms with Crippen LogP contribution in [0.15, 0.2) is 18.2 Å². The molecule has 100 valence electrons. The Morgan fingerprint density at radius 3 is 2.50 bits per heavy atom. The van der Waals surface area contributed by atoms with Crippen LogP contribution in [0, 0.1) is 0 Å². The maximum atomic E-state index is 12.2. The van der Waals surface area contributed by atoms with Crippen LogP contribution in [-0.4, -0.2) is 24.0 Å². The Morgan fingerprint density at radius 2 is 2.00 bits per heavy atom. The second-order valence-electron chi connectivity index (χ2n) is 3.33. The summed E-state index contributed by atoms with van der Waals surface area (Å²) in [5.41, 5.74) is 0.199. The Kier molecular flexibility index (Phi) is 4.41. The van der Waals surface area contributed by atoms with Crippen molar-refractivity contribution in [2.75, 3.05) is 6.61 Å². The molecule has 0 atom stereocenters. The molecule has 0 bridgehead atoms. The number of benzene rings is 1. The van der Waals surface area contributed by atoms with Gasteiger partial charge in [-0.25, -0.2) is 0 Å². The van der Waals surface area contributed by atoms with Gasteiger partial charge in [-0.1, -0.05) is 6.07 Å². The number of rotatable bonds is 5. The maximum absolute atomic E-state index is 12.2. The SMILES string of the molecule is CCOc1ccc(CC(=O)O)cc1OC(F)(F)F. The van der Waals surface area contributed by atoms with Crippen molar-refractivity contribution in [2.24, 2.45) is 0 Å². The van der Waals surface area contributed by atoms with Gasteiger partial charge in [-0.05, 0) is 24.6 Å². The second-order valence-corrected chi connectivity index (χ2v) is 3.33. The van der Waals surface area contributed by atoms with Gasteiger partial charge in [0.15, 0.2) is 11.5 Å². The molecule has 0 spiro atoms. The summed E-state index contributed by atoms with van der Waals surface area (Å²) >= 11 is 0. The van der Waals surface area contributed by atoms with E-state index in [-0.39, 0.29) is 24.3 Å². The first-order chi connectivity index (χ1) is 8.31. The van der Waals surface area contributed by atoms with E-state index in [2.05, 4.69) is 4.74 Å². The summed E-state index contributed by atoms with van der Waals surface area (Å²) in [6, 6.07) is 3.64. The Morgan fingerprint density at radius 1 is 1.33 bits per heavy atom. The highest BCUT2D eigenvalue weighted by atomic mass is 19.4. The van der Waals surface area contributed by atoms with Crippen molar-refractivity contribution in [2.45, 2.75) is 19.7 Å². The molecule has 0 amide bonds. The molecule has 0 aromatic heterocycles. The molecule has 0 aliphatic carbocycles. The number of halogens is 3. The first kappa shape index (κ1) is 14.1. The Labute approximate surface area is 101 Å². The number of alkyl halides is 3. The van der Waals surface area contributed by atoms with Crippen LogP contribution < -0.4 is 9.47 Å². The summed E-state index contributed by atoms with van der Waals surface area (Å²) in [5.74, 6) is -1.76. The average Bonchev–Trinajstić information content (AvgIpc) is 2.19. The summed E-state index contributed by atoms with van der Waals surface area (Å²) in [5, 5.41) is 8.57. The normalized spacial score (nSPS) is 11.1. The van der Waals surface area contributed by atoms with Crippen LogP contribution in [0.2, 0.25) is 0 Å². The van der Waals surface area contributed by atoms with Crippen LogP contribution in [0.3, 0.4) is 0 Å². The smallest absolute Gasteiger partial charge is 0.490 e. The summed E-state index contributed by atoms with van der Waals surface area (Å²) in [6.07, 6.45) is -5.24. The topological polar surface area (TPSA) is 55.8 Å². The van der Waals surface area contributed by atoms with Crippen molar-refractivity contribution in [3.63, 3.8) is 0 Å². The van der Waals surface area contributed by atoms with E-state index >= 15 is 0 Å². The number of aliphatic carboxylic acids is 1. The monoisotopic (exact) mass is 264 g/mol. The van der Waals surface area contributed by atoms with Gasteiger partial charge < -0.3 is 14.6 Å². The Hall–Kier alpha value is -1.92. The average molecular weight is 264 g/mol. The van der Waals surface area contributed by atoms with Gasteiger partial charge in [0, 0.05) is 0 Å². The summed E-state index contributed by atoms with van der Waals surface area (Å²) < 4.78 is 45.2. The number of ether oxygens (including phenoxy) is 2. The Bertz CT molecular complexity index is 429. The minimum atomic E-state index is -4.85. The van der Waals surface area contributed by atoms with Crippen LogP contribution >= 0.6 is 0 Å². The van der Waals surface area contributed by atoms with Gasteiger partial charge in [-0.15, -0.1) is 13.2 Å². The fourth-order valence-corrected chi connectivity index (χ4v) is 1.32. The molecule has 1 aromatic rings. The van der Waals surface area contributed by atoms with Gasteiger partial charge in [-0.3, -0.25) is 4.79 Å². The largest absolute Gasteiger partial charge is 0.573 e. The van der Waals surface area contributed by atoms with E-state index < -0.39 is 18.1 Å². The zero-order valence-corrected chi connectivity index (χ0v) is 9.45. The quantitative estimate of drug-likeness (QED) is 0.888. The highest BCUT2D eigenvalue weighted by molar-refractivity contribution is 5.70. The van der Waals surface area contributed by atoms with E-state index in [4.69, 9.17) is 9.84 Å². The summed E-state index contributed by atoms with van der Waals surface area (Å²) in [6.45, 7) is 1.79. The van der Waals surface area contributed by atoms with Crippen LogP contribution in [-0.2, 0) is 11.2 Å². The van der Waals surface area contributed by atoms with E-state index in [1.54, 1.807) is 6.92 Å². The molecule has 0 saturated carbocycles. The van der Waals surface area contributed by atoms with Gasteiger partial charge in [0.25, 0.3) is 0 Å². The minimum absolute atomic E-state index is 0.0797. The fraction of sp³-hybridized carbons (Fsp3) is 0.364. The van der Waals surface area contributed by atoms with Crippen molar-refractivity contribution in [1.82, 2.24) is 0 Å². The van der Waals surface area contributed by atoms with Crippen molar-refractivity contribution >= 4 is 5.97 Å². The first-order valence-electron chi connectivity index (χ1n) is 5.05. The zero-order valence-electron chi connectivity index (χ0n) is 9.45. The van der Waals surface area contributed by atoms with Crippen LogP contribution in [0.4, 0.5) is 13.2 Å². The molecule has 0 heterocycles. The molecule has 0 unspecified atom stereocenters. The number of carboxylic acids is 1. The number of hydrogen-bond donors (Lipinski definition) is 1. The number of hydrogen-bond acceptors (Lipinski definition) is 3. The highest BCUT2D eigenvalue weighted by Crippen LogP contribution is 2.33. The van der Waals surface area contributed by atoms with E-state index in [1.807, 2.05) is 0 Å². The molecule has 0 aliphatic heterocycles. The lowest BCUT2D eigenvalue weighted by Crippen LogP contribution is -2.18. The predicted molar refractivity (Wildman–Crippen MR) is 55.6 cm³/mol. The van der Waals surface area contributed by atoms with E-state index in [0.717, 1.165) is 6.07 Å². The number of carbonyl (C=O) groups is 1. The lowest BCUT2D eigenvalue weighted by Gasteiger charge is -2.14. The fourth-order valence-electron chi connectivity index (χ4n) is 1.32. The minimum Gasteiger partial charge on any atom is -0.490 e. The molecule has 7 heteroatoms. The molecule has 0 radical (unpaired) electrons.